The van der Waals surface area contributed by atoms with Crippen LogP contribution in [-0.4, -0.2) is 5.78 Å². The van der Waals surface area contributed by atoms with Gasteiger partial charge in [0.1, 0.15) is 5.78 Å². The van der Waals surface area contributed by atoms with Crippen molar-refractivity contribution in [3.05, 3.63) is 0 Å². The van der Waals surface area contributed by atoms with Crippen LogP contribution in [0.15, 0.2) is 0 Å². The quantitative estimate of drug-likeness (QED) is 0.562. The van der Waals surface area contributed by atoms with E-state index in [1.807, 2.05) is 0 Å². The Morgan fingerprint density at radius 3 is 1.61 bits per heavy atom. The number of hydrogen-bond donors (Lipinski definition) is 0. The summed E-state index contributed by atoms with van der Waals surface area (Å²) in [5.74, 6) is 5.53. The Morgan fingerprint density at radius 1 is 0.696 bits per heavy atom. The average molecular weight is 319 g/mol. The summed E-state index contributed by atoms with van der Waals surface area (Å²) in [5, 5.41) is 0. The summed E-state index contributed by atoms with van der Waals surface area (Å²) in [6.45, 7) is 2.33. The third-order valence-electron chi connectivity index (χ3n) is 7.60. The normalized spacial score (nSPS) is 37.0. The van der Waals surface area contributed by atoms with E-state index in [9.17, 15) is 4.79 Å². The zero-order chi connectivity index (χ0) is 16.1. The van der Waals surface area contributed by atoms with E-state index in [1.54, 1.807) is 0 Å². The van der Waals surface area contributed by atoms with Crippen molar-refractivity contribution in [1.82, 2.24) is 0 Å². The molecular formula is C22H38O. The first-order valence-electron chi connectivity index (χ1n) is 10.8. The fraction of sp³-hybridized carbons (Fsp3) is 0.955. The maximum atomic E-state index is 11.4. The van der Waals surface area contributed by atoms with Crippen molar-refractivity contribution in [2.45, 2.75) is 103 Å². The number of rotatable bonds is 5. The van der Waals surface area contributed by atoms with Crippen molar-refractivity contribution in [3.63, 3.8) is 0 Å². The molecule has 0 heterocycles. The Hall–Kier alpha value is -0.330. The molecule has 0 aliphatic heterocycles. The van der Waals surface area contributed by atoms with Crippen LogP contribution in [0, 0.1) is 29.6 Å². The second kappa shape index (κ2) is 8.67. The molecule has 0 unspecified atom stereocenters. The van der Waals surface area contributed by atoms with E-state index in [1.165, 1.54) is 83.5 Å². The third kappa shape index (κ3) is 4.83. The van der Waals surface area contributed by atoms with Gasteiger partial charge in [-0.15, -0.1) is 0 Å². The number of carbonyl (C=O) groups is 1. The number of unbranched alkanes of at least 4 members (excludes halogenated alkanes) is 1. The van der Waals surface area contributed by atoms with Crippen LogP contribution in [0.2, 0.25) is 0 Å². The molecule has 3 fully saturated rings. The Morgan fingerprint density at radius 2 is 1.13 bits per heavy atom. The highest BCUT2D eigenvalue weighted by Crippen LogP contribution is 2.45. The van der Waals surface area contributed by atoms with Gasteiger partial charge in [-0.1, -0.05) is 39.0 Å². The smallest absolute Gasteiger partial charge is 0.132 e. The average Bonchev–Trinajstić information content (AvgIpc) is 2.61. The lowest BCUT2D eigenvalue weighted by atomic mass is 9.65. The van der Waals surface area contributed by atoms with E-state index < -0.39 is 0 Å². The summed E-state index contributed by atoms with van der Waals surface area (Å²) in [4.78, 5) is 11.4. The van der Waals surface area contributed by atoms with Gasteiger partial charge in [0.05, 0.1) is 0 Å². The number of carbonyl (C=O) groups excluding carboxylic acids is 1. The molecule has 0 spiro atoms. The SMILES string of the molecule is CCCCC1CCC(C2CCC(C3CCC(=O)CC3)CC2)CC1. The molecule has 3 aliphatic rings. The molecule has 0 N–H and O–H groups in total. The molecule has 23 heavy (non-hydrogen) atoms. The largest absolute Gasteiger partial charge is 0.300 e. The molecule has 0 saturated heterocycles. The van der Waals surface area contributed by atoms with Crippen LogP contribution in [0.5, 0.6) is 0 Å². The van der Waals surface area contributed by atoms with E-state index in [0.717, 1.165) is 42.4 Å². The van der Waals surface area contributed by atoms with E-state index in [2.05, 4.69) is 6.92 Å². The van der Waals surface area contributed by atoms with Crippen LogP contribution >= 0.6 is 0 Å². The van der Waals surface area contributed by atoms with Gasteiger partial charge in [-0.25, -0.2) is 0 Å². The van der Waals surface area contributed by atoms with Gasteiger partial charge in [0, 0.05) is 12.8 Å². The fourth-order valence-corrected chi connectivity index (χ4v) is 5.96. The molecule has 0 bridgehead atoms. The predicted molar refractivity (Wildman–Crippen MR) is 97.4 cm³/mol. The lowest BCUT2D eigenvalue weighted by Gasteiger charge is -2.40. The van der Waals surface area contributed by atoms with Gasteiger partial charge < -0.3 is 0 Å². The van der Waals surface area contributed by atoms with Crippen molar-refractivity contribution in [1.29, 1.82) is 0 Å². The van der Waals surface area contributed by atoms with Crippen molar-refractivity contribution in [2.24, 2.45) is 29.6 Å². The first-order valence-corrected chi connectivity index (χ1v) is 10.8. The minimum atomic E-state index is 0.523. The molecule has 132 valence electrons. The summed E-state index contributed by atoms with van der Waals surface area (Å²) < 4.78 is 0. The zero-order valence-corrected chi connectivity index (χ0v) is 15.4. The van der Waals surface area contributed by atoms with Gasteiger partial charge >= 0.3 is 0 Å². The second-order valence-electron chi connectivity index (χ2n) is 8.97. The molecule has 0 aromatic carbocycles. The lowest BCUT2D eigenvalue weighted by molar-refractivity contribution is -0.121. The summed E-state index contributed by atoms with van der Waals surface area (Å²) in [6, 6.07) is 0. The van der Waals surface area contributed by atoms with Crippen molar-refractivity contribution < 1.29 is 4.79 Å². The second-order valence-corrected chi connectivity index (χ2v) is 8.97. The predicted octanol–water partition coefficient (Wildman–Crippen LogP) is 6.55. The summed E-state index contributed by atoms with van der Waals surface area (Å²) in [6.07, 6.45) is 20.5. The van der Waals surface area contributed by atoms with Crippen LogP contribution in [-0.2, 0) is 4.79 Å². The highest BCUT2D eigenvalue weighted by atomic mass is 16.1. The Labute approximate surface area is 144 Å². The fourth-order valence-electron chi connectivity index (χ4n) is 5.96. The molecule has 3 rings (SSSR count). The van der Waals surface area contributed by atoms with E-state index in [4.69, 9.17) is 0 Å². The molecule has 1 nitrogen and oxygen atoms in total. The summed E-state index contributed by atoms with van der Waals surface area (Å²) in [7, 11) is 0. The third-order valence-corrected chi connectivity index (χ3v) is 7.60. The monoisotopic (exact) mass is 318 g/mol. The number of ketones is 1. The van der Waals surface area contributed by atoms with E-state index >= 15 is 0 Å². The molecule has 0 radical (unpaired) electrons. The van der Waals surface area contributed by atoms with Gasteiger partial charge in [0.2, 0.25) is 0 Å². The van der Waals surface area contributed by atoms with Gasteiger partial charge in [-0.05, 0) is 81.0 Å². The van der Waals surface area contributed by atoms with Crippen LogP contribution in [0.4, 0.5) is 0 Å². The molecule has 0 aromatic heterocycles. The summed E-state index contributed by atoms with van der Waals surface area (Å²) in [5.41, 5.74) is 0. The first-order chi connectivity index (χ1) is 11.3. The van der Waals surface area contributed by atoms with Crippen LogP contribution < -0.4 is 0 Å². The topological polar surface area (TPSA) is 17.1 Å². The molecular weight excluding hydrogens is 280 g/mol. The van der Waals surface area contributed by atoms with E-state index in [0.29, 0.717) is 5.78 Å². The van der Waals surface area contributed by atoms with Crippen LogP contribution in [0.25, 0.3) is 0 Å². The molecule has 3 aliphatic carbocycles. The molecule has 3 saturated carbocycles. The van der Waals surface area contributed by atoms with Crippen molar-refractivity contribution >= 4 is 5.78 Å². The van der Waals surface area contributed by atoms with Gasteiger partial charge in [0.25, 0.3) is 0 Å². The minimum absolute atomic E-state index is 0.523. The maximum Gasteiger partial charge on any atom is 0.132 e. The Balaban J connectivity index is 1.37. The van der Waals surface area contributed by atoms with E-state index in [-0.39, 0.29) is 0 Å². The molecule has 0 atom stereocenters. The first kappa shape index (κ1) is 17.5. The van der Waals surface area contributed by atoms with Crippen molar-refractivity contribution in [2.75, 3.05) is 0 Å². The number of hydrogen-bond acceptors (Lipinski definition) is 1. The summed E-state index contributed by atoms with van der Waals surface area (Å²) >= 11 is 0. The highest BCUT2D eigenvalue weighted by Gasteiger charge is 2.34. The van der Waals surface area contributed by atoms with Crippen molar-refractivity contribution in [3.8, 4) is 0 Å². The zero-order valence-electron chi connectivity index (χ0n) is 15.4. The Bertz CT molecular complexity index is 348. The molecule has 0 aromatic rings. The highest BCUT2D eigenvalue weighted by molar-refractivity contribution is 5.79. The standard InChI is InChI=1S/C22H38O/c1-2-3-4-17-5-7-18(8-6-17)19-9-11-20(12-10-19)21-13-15-22(23)16-14-21/h17-21H,2-16H2,1H3. The lowest BCUT2D eigenvalue weighted by Crippen LogP contribution is -2.29. The number of Topliss-reactive ketones (excluding diaryl/α,β-unsaturated/α-hetero) is 1. The van der Waals surface area contributed by atoms with Crippen LogP contribution in [0.1, 0.15) is 103 Å². The maximum absolute atomic E-state index is 11.4. The van der Waals surface area contributed by atoms with Gasteiger partial charge in [-0.3, -0.25) is 4.79 Å². The van der Waals surface area contributed by atoms with Gasteiger partial charge in [-0.2, -0.15) is 0 Å². The Kier molecular flexibility index (Phi) is 6.60. The van der Waals surface area contributed by atoms with Crippen LogP contribution in [0.3, 0.4) is 0 Å². The molecule has 1 heteroatoms. The molecule has 0 amide bonds. The minimum Gasteiger partial charge on any atom is -0.300 e. The van der Waals surface area contributed by atoms with Gasteiger partial charge in [0.15, 0.2) is 0 Å².